The number of aromatic carboxylic acids is 1. The van der Waals surface area contributed by atoms with Gasteiger partial charge in [0.2, 0.25) is 0 Å². The van der Waals surface area contributed by atoms with Gasteiger partial charge in [0.05, 0.1) is 24.5 Å². The molecule has 1 aromatic rings. The highest BCUT2D eigenvalue weighted by molar-refractivity contribution is 5.88. The Kier molecular flexibility index (Phi) is 4.70. The molecule has 0 amide bonds. The van der Waals surface area contributed by atoms with E-state index in [9.17, 15) is 9.18 Å². The number of carboxylic acid groups (broad SMARTS) is 1. The van der Waals surface area contributed by atoms with Crippen LogP contribution in [0, 0.1) is 5.82 Å². The topological polar surface area (TPSA) is 61.8 Å². The molecule has 2 N–H and O–H groups in total. The second-order valence-electron chi connectivity index (χ2n) is 4.38. The molecule has 1 aliphatic heterocycles. The van der Waals surface area contributed by atoms with Crippen molar-refractivity contribution < 1.29 is 19.0 Å². The predicted molar refractivity (Wildman–Crippen MR) is 69.1 cm³/mol. The van der Waals surface area contributed by atoms with Crippen LogP contribution in [0.1, 0.15) is 10.4 Å². The van der Waals surface area contributed by atoms with E-state index in [2.05, 4.69) is 10.2 Å². The van der Waals surface area contributed by atoms with Crippen LogP contribution in [-0.2, 0) is 4.74 Å². The highest BCUT2D eigenvalue weighted by atomic mass is 19.1. The van der Waals surface area contributed by atoms with Crippen molar-refractivity contribution in [2.75, 3.05) is 44.7 Å². The fourth-order valence-electron chi connectivity index (χ4n) is 1.97. The first-order valence-electron chi connectivity index (χ1n) is 6.23. The maximum absolute atomic E-state index is 13.5. The number of anilines is 1. The molecule has 0 atom stereocenters. The Morgan fingerprint density at radius 1 is 1.42 bits per heavy atom. The fraction of sp³-hybridized carbons (Fsp3) is 0.462. The van der Waals surface area contributed by atoms with Crippen LogP contribution in [0.25, 0.3) is 0 Å². The van der Waals surface area contributed by atoms with Crippen LogP contribution < -0.4 is 5.32 Å². The SMILES string of the molecule is O=C(O)c1ccc(F)c(NCCN2CCOCC2)c1. The number of ether oxygens (including phenoxy) is 1. The lowest BCUT2D eigenvalue weighted by molar-refractivity contribution is 0.0398. The predicted octanol–water partition coefficient (Wildman–Crippen LogP) is 1.27. The van der Waals surface area contributed by atoms with Gasteiger partial charge < -0.3 is 15.2 Å². The van der Waals surface area contributed by atoms with E-state index in [1.807, 2.05) is 0 Å². The molecule has 2 rings (SSSR count). The number of halogens is 1. The summed E-state index contributed by atoms with van der Waals surface area (Å²) in [5.74, 6) is -1.50. The lowest BCUT2D eigenvalue weighted by Crippen LogP contribution is -2.39. The Hall–Kier alpha value is -1.66. The van der Waals surface area contributed by atoms with E-state index in [1.54, 1.807) is 0 Å². The van der Waals surface area contributed by atoms with Crippen LogP contribution >= 0.6 is 0 Å². The van der Waals surface area contributed by atoms with E-state index >= 15 is 0 Å². The number of hydrogen-bond donors (Lipinski definition) is 2. The Morgan fingerprint density at radius 3 is 2.84 bits per heavy atom. The number of benzene rings is 1. The number of nitrogens with one attached hydrogen (secondary N) is 1. The van der Waals surface area contributed by atoms with Gasteiger partial charge in [-0.2, -0.15) is 0 Å². The summed E-state index contributed by atoms with van der Waals surface area (Å²) in [5.41, 5.74) is 0.309. The molecule has 6 heteroatoms. The third kappa shape index (κ3) is 3.90. The van der Waals surface area contributed by atoms with Crippen molar-refractivity contribution in [2.45, 2.75) is 0 Å². The molecule has 0 spiro atoms. The summed E-state index contributed by atoms with van der Waals surface area (Å²) in [4.78, 5) is 13.0. The number of morpholine rings is 1. The lowest BCUT2D eigenvalue weighted by Gasteiger charge is -2.26. The van der Waals surface area contributed by atoms with Gasteiger partial charge >= 0.3 is 5.97 Å². The molecule has 5 nitrogen and oxygen atoms in total. The van der Waals surface area contributed by atoms with Crippen molar-refractivity contribution in [1.29, 1.82) is 0 Å². The van der Waals surface area contributed by atoms with E-state index in [1.165, 1.54) is 18.2 Å². The Labute approximate surface area is 111 Å². The molecule has 0 aromatic heterocycles. The molecule has 0 aliphatic carbocycles. The minimum atomic E-state index is -1.06. The Bertz CT molecular complexity index is 448. The number of carbonyl (C=O) groups is 1. The smallest absolute Gasteiger partial charge is 0.335 e. The molecule has 1 aliphatic rings. The maximum atomic E-state index is 13.5. The second-order valence-corrected chi connectivity index (χ2v) is 4.38. The van der Waals surface area contributed by atoms with E-state index in [-0.39, 0.29) is 11.3 Å². The summed E-state index contributed by atoms with van der Waals surface area (Å²) >= 11 is 0. The standard InChI is InChI=1S/C13H17FN2O3/c14-11-2-1-10(13(17)18)9-12(11)15-3-4-16-5-7-19-8-6-16/h1-2,9,15H,3-8H2,(H,17,18). The maximum Gasteiger partial charge on any atom is 0.335 e. The summed E-state index contributed by atoms with van der Waals surface area (Å²) in [6, 6.07) is 3.74. The molecule has 1 aromatic carbocycles. The van der Waals surface area contributed by atoms with Crippen LogP contribution in [0.3, 0.4) is 0 Å². The average molecular weight is 268 g/mol. The lowest BCUT2D eigenvalue weighted by atomic mass is 10.2. The molecule has 0 bridgehead atoms. The van der Waals surface area contributed by atoms with Gasteiger partial charge in [-0.25, -0.2) is 9.18 Å². The molecule has 0 unspecified atom stereocenters. The largest absolute Gasteiger partial charge is 0.478 e. The van der Waals surface area contributed by atoms with E-state index in [4.69, 9.17) is 9.84 Å². The first-order valence-corrected chi connectivity index (χ1v) is 6.23. The summed E-state index contributed by atoms with van der Waals surface area (Å²) in [7, 11) is 0. The van der Waals surface area contributed by atoms with Gasteiger partial charge in [-0.15, -0.1) is 0 Å². The quantitative estimate of drug-likeness (QED) is 0.842. The van der Waals surface area contributed by atoms with Gasteiger partial charge in [-0.1, -0.05) is 0 Å². The molecule has 1 heterocycles. The second kappa shape index (κ2) is 6.49. The van der Waals surface area contributed by atoms with Gasteiger partial charge in [0.25, 0.3) is 0 Å². The van der Waals surface area contributed by atoms with E-state index < -0.39 is 11.8 Å². The minimum absolute atomic E-state index is 0.0790. The molecular formula is C13H17FN2O3. The Morgan fingerprint density at radius 2 is 2.16 bits per heavy atom. The zero-order valence-corrected chi connectivity index (χ0v) is 10.6. The molecule has 1 fully saturated rings. The van der Waals surface area contributed by atoms with Crippen molar-refractivity contribution in [1.82, 2.24) is 4.90 Å². The van der Waals surface area contributed by atoms with Crippen molar-refractivity contribution in [3.05, 3.63) is 29.6 Å². The van der Waals surface area contributed by atoms with Crippen LogP contribution in [0.15, 0.2) is 18.2 Å². The van der Waals surface area contributed by atoms with Gasteiger partial charge in [-0.05, 0) is 18.2 Å². The van der Waals surface area contributed by atoms with Gasteiger partial charge in [0.1, 0.15) is 5.82 Å². The van der Waals surface area contributed by atoms with Gasteiger partial charge in [0, 0.05) is 26.2 Å². The zero-order chi connectivity index (χ0) is 13.7. The van der Waals surface area contributed by atoms with Gasteiger partial charge in [-0.3, -0.25) is 4.90 Å². The van der Waals surface area contributed by atoms with Crippen LogP contribution in [0.4, 0.5) is 10.1 Å². The first kappa shape index (κ1) is 13.8. The van der Waals surface area contributed by atoms with Crippen LogP contribution in [0.2, 0.25) is 0 Å². The number of hydrogen-bond acceptors (Lipinski definition) is 4. The molecule has 1 saturated heterocycles. The molecular weight excluding hydrogens is 251 g/mol. The number of nitrogens with zero attached hydrogens (tertiary/aromatic N) is 1. The zero-order valence-electron chi connectivity index (χ0n) is 10.6. The minimum Gasteiger partial charge on any atom is -0.478 e. The summed E-state index contributed by atoms with van der Waals surface area (Å²) in [6.07, 6.45) is 0. The van der Waals surface area contributed by atoms with Crippen molar-refractivity contribution in [3.8, 4) is 0 Å². The van der Waals surface area contributed by atoms with E-state index in [0.29, 0.717) is 6.54 Å². The monoisotopic (exact) mass is 268 g/mol. The fourth-order valence-corrected chi connectivity index (χ4v) is 1.97. The molecule has 0 saturated carbocycles. The molecule has 19 heavy (non-hydrogen) atoms. The molecule has 0 radical (unpaired) electrons. The van der Waals surface area contributed by atoms with Crippen molar-refractivity contribution in [3.63, 3.8) is 0 Å². The van der Waals surface area contributed by atoms with Crippen molar-refractivity contribution in [2.24, 2.45) is 0 Å². The van der Waals surface area contributed by atoms with Crippen molar-refractivity contribution >= 4 is 11.7 Å². The van der Waals surface area contributed by atoms with Crippen LogP contribution in [-0.4, -0.2) is 55.4 Å². The normalized spacial score (nSPS) is 16.3. The first-order chi connectivity index (χ1) is 9.16. The van der Waals surface area contributed by atoms with Gasteiger partial charge in [0.15, 0.2) is 0 Å². The number of rotatable bonds is 5. The van der Waals surface area contributed by atoms with E-state index in [0.717, 1.165) is 32.8 Å². The third-order valence-corrected chi connectivity index (χ3v) is 3.06. The third-order valence-electron chi connectivity index (χ3n) is 3.06. The highest BCUT2D eigenvalue weighted by Crippen LogP contribution is 2.16. The number of carboxylic acids is 1. The summed E-state index contributed by atoms with van der Waals surface area (Å²) < 4.78 is 18.7. The Balaban J connectivity index is 1.87. The average Bonchev–Trinajstić information content (AvgIpc) is 2.42. The highest BCUT2D eigenvalue weighted by Gasteiger charge is 2.11. The van der Waals surface area contributed by atoms with Crippen LogP contribution in [0.5, 0.6) is 0 Å². The molecule has 104 valence electrons. The summed E-state index contributed by atoms with van der Waals surface area (Å²) in [5, 5.41) is 11.8. The summed E-state index contributed by atoms with van der Waals surface area (Å²) in [6.45, 7) is 4.55.